The summed E-state index contributed by atoms with van der Waals surface area (Å²) in [5, 5.41) is 15.7. The van der Waals surface area contributed by atoms with Crippen LogP contribution >= 0.6 is 11.6 Å². The Morgan fingerprint density at radius 1 is 1.24 bits per heavy atom. The molecular formula is C20H16ClF2N3O3. The molecule has 150 valence electrons. The van der Waals surface area contributed by atoms with E-state index in [0.717, 1.165) is 16.8 Å². The monoisotopic (exact) mass is 419 g/mol. The Kier molecular flexibility index (Phi) is 6.05. The first-order valence-corrected chi connectivity index (χ1v) is 8.95. The van der Waals surface area contributed by atoms with Gasteiger partial charge in [0.25, 0.3) is 11.5 Å². The molecule has 1 heterocycles. The zero-order chi connectivity index (χ0) is 21.1. The summed E-state index contributed by atoms with van der Waals surface area (Å²) in [7, 11) is 0. The van der Waals surface area contributed by atoms with Crippen LogP contribution in [0.2, 0.25) is 5.02 Å². The molecule has 2 N–H and O–H groups in total. The van der Waals surface area contributed by atoms with Gasteiger partial charge >= 0.3 is 0 Å². The van der Waals surface area contributed by atoms with Crippen molar-refractivity contribution in [3.05, 3.63) is 81.1 Å². The number of nitrogens with zero attached hydrogens (tertiary/aromatic N) is 2. The van der Waals surface area contributed by atoms with Crippen molar-refractivity contribution < 1.29 is 18.7 Å². The van der Waals surface area contributed by atoms with Gasteiger partial charge in [-0.1, -0.05) is 23.7 Å². The van der Waals surface area contributed by atoms with Crippen LogP contribution in [-0.2, 0) is 0 Å². The molecule has 3 aromatic rings. The molecule has 0 saturated heterocycles. The molecule has 0 saturated carbocycles. The predicted octanol–water partition coefficient (Wildman–Crippen LogP) is 2.94. The van der Waals surface area contributed by atoms with Gasteiger partial charge in [-0.05, 0) is 43.3 Å². The van der Waals surface area contributed by atoms with Crippen LogP contribution in [0.3, 0.4) is 0 Å². The third-order valence-corrected chi connectivity index (χ3v) is 4.38. The fourth-order valence-electron chi connectivity index (χ4n) is 2.58. The summed E-state index contributed by atoms with van der Waals surface area (Å²) in [6, 6.07) is 9.63. The lowest BCUT2D eigenvalue weighted by atomic mass is 10.1. The van der Waals surface area contributed by atoms with Crippen LogP contribution in [0.15, 0.2) is 53.3 Å². The SMILES string of the molecule is CC(CO)NC(=O)c1cc(-c2ccc(Cl)c(F)c2)nn(-c2cccc(F)c2)c1=O. The Morgan fingerprint density at radius 3 is 2.66 bits per heavy atom. The third kappa shape index (κ3) is 4.49. The summed E-state index contributed by atoms with van der Waals surface area (Å²) in [5.41, 5.74) is -0.630. The molecule has 1 aromatic heterocycles. The first-order valence-electron chi connectivity index (χ1n) is 8.57. The normalized spacial score (nSPS) is 11.9. The van der Waals surface area contributed by atoms with E-state index in [2.05, 4.69) is 10.4 Å². The van der Waals surface area contributed by atoms with Crippen molar-refractivity contribution in [1.29, 1.82) is 0 Å². The van der Waals surface area contributed by atoms with Gasteiger partial charge in [0.2, 0.25) is 0 Å². The van der Waals surface area contributed by atoms with Gasteiger partial charge in [-0.3, -0.25) is 9.59 Å². The maximum atomic E-state index is 13.9. The van der Waals surface area contributed by atoms with Gasteiger partial charge in [0.15, 0.2) is 0 Å². The number of hydrogen-bond donors (Lipinski definition) is 2. The largest absolute Gasteiger partial charge is 0.394 e. The molecule has 0 spiro atoms. The molecule has 0 aliphatic rings. The second-order valence-electron chi connectivity index (χ2n) is 6.33. The van der Waals surface area contributed by atoms with Crippen molar-refractivity contribution in [1.82, 2.24) is 15.1 Å². The Labute approximate surface area is 169 Å². The second-order valence-corrected chi connectivity index (χ2v) is 6.73. The van der Waals surface area contributed by atoms with Crippen molar-refractivity contribution >= 4 is 17.5 Å². The predicted molar refractivity (Wildman–Crippen MR) is 104 cm³/mol. The highest BCUT2D eigenvalue weighted by atomic mass is 35.5. The molecule has 3 rings (SSSR count). The fourth-order valence-corrected chi connectivity index (χ4v) is 2.70. The van der Waals surface area contributed by atoms with E-state index in [1.165, 1.54) is 36.4 Å². The second kappa shape index (κ2) is 8.50. The summed E-state index contributed by atoms with van der Waals surface area (Å²) in [6.07, 6.45) is 0. The maximum Gasteiger partial charge on any atom is 0.284 e. The molecule has 0 aliphatic carbocycles. The van der Waals surface area contributed by atoms with Crippen LogP contribution in [0.4, 0.5) is 8.78 Å². The van der Waals surface area contributed by atoms with Crippen LogP contribution in [-0.4, -0.2) is 33.4 Å². The number of carbonyl (C=O) groups is 1. The number of hydrogen-bond acceptors (Lipinski definition) is 4. The highest BCUT2D eigenvalue weighted by Gasteiger charge is 2.19. The van der Waals surface area contributed by atoms with Crippen molar-refractivity contribution in [3.63, 3.8) is 0 Å². The zero-order valence-corrected chi connectivity index (χ0v) is 16.0. The third-order valence-electron chi connectivity index (χ3n) is 4.08. The number of rotatable bonds is 5. The van der Waals surface area contributed by atoms with Crippen molar-refractivity contribution in [2.75, 3.05) is 6.61 Å². The molecule has 0 aliphatic heterocycles. The van der Waals surface area contributed by atoms with E-state index >= 15 is 0 Å². The van der Waals surface area contributed by atoms with E-state index in [1.807, 2.05) is 0 Å². The van der Waals surface area contributed by atoms with E-state index in [1.54, 1.807) is 6.92 Å². The molecule has 1 unspecified atom stereocenters. The molecule has 0 fully saturated rings. The lowest BCUT2D eigenvalue weighted by Gasteiger charge is -2.13. The molecule has 9 heteroatoms. The Balaban J connectivity index is 2.22. The van der Waals surface area contributed by atoms with Gasteiger partial charge in [0.05, 0.1) is 23.0 Å². The summed E-state index contributed by atoms with van der Waals surface area (Å²) in [6.45, 7) is 1.23. The Hall–Kier alpha value is -3.10. The molecule has 0 radical (unpaired) electrons. The maximum absolute atomic E-state index is 13.9. The van der Waals surface area contributed by atoms with E-state index in [4.69, 9.17) is 16.7 Å². The summed E-state index contributed by atoms with van der Waals surface area (Å²) in [5.74, 6) is -2.05. The number of benzene rings is 2. The minimum absolute atomic E-state index is 0.0931. The van der Waals surface area contributed by atoms with E-state index in [-0.39, 0.29) is 34.1 Å². The molecule has 0 bridgehead atoms. The lowest BCUT2D eigenvalue weighted by molar-refractivity contribution is 0.0920. The molecular weight excluding hydrogens is 404 g/mol. The highest BCUT2D eigenvalue weighted by molar-refractivity contribution is 6.30. The first-order chi connectivity index (χ1) is 13.8. The van der Waals surface area contributed by atoms with Gasteiger partial charge in [-0.15, -0.1) is 0 Å². The molecule has 1 amide bonds. The highest BCUT2D eigenvalue weighted by Crippen LogP contribution is 2.23. The number of aromatic nitrogens is 2. The Morgan fingerprint density at radius 2 is 2.00 bits per heavy atom. The lowest BCUT2D eigenvalue weighted by Crippen LogP contribution is -2.39. The average Bonchev–Trinajstić information content (AvgIpc) is 2.70. The smallest absolute Gasteiger partial charge is 0.284 e. The van der Waals surface area contributed by atoms with Crippen molar-refractivity contribution in [2.24, 2.45) is 0 Å². The number of aliphatic hydroxyl groups is 1. The van der Waals surface area contributed by atoms with Crippen molar-refractivity contribution in [2.45, 2.75) is 13.0 Å². The number of amides is 1. The topological polar surface area (TPSA) is 84.2 Å². The van der Waals surface area contributed by atoms with Gasteiger partial charge < -0.3 is 10.4 Å². The van der Waals surface area contributed by atoms with Crippen LogP contribution in [0.1, 0.15) is 17.3 Å². The standard InChI is InChI=1S/C20H16ClF2N3O3/c1-11(10-27)24-19(28)15-9-18(12-5-6-16(21)17(23)7-12)25-26(20(15)29)14-4-2-3-13(22)8-14/h2-9,11,27H,10H2,1H3,(H,24,28). The number of carbonyl (C=O) groups excluding carboxylic acids is 1. The fraction of sp³-hybridized carbons (Fsp3) is 0.150. The summed E-state index contributed by atoms with van der Waals surface area (Å²) in [4.78, 5) is 25.4. The number of halogens is 3. The summed E-state index contributed by atoms with van der Waals surface area (Å²) >= 11 is 5.71. The molecule has 6 nitrogen and oxygen atoms in total. The van der Waals surface area contributed by atoms with Crippen LogP contribution in [0, 0.1) is 11.6 Å². The Bertz CT molecular complexity index is 1130. The van der Waals surface area contributed by atoms with Crippen LogP contribution in [0.5, 0.6) is 0 Å². The van der Waals surface area contributed by atoms with Crippen molar-refractivity contribution in [3.8, 4) is 16.9 Å². The molecule has 29 heavy (non-hydrogen) atoms. The van der Waals surface area contributed by atoms with Crippen LogP contribution in [0.25, 0.3) is 16.9 Å². The molecule has 1 atom stereocenters. The molecule has 2 aromatic carbocycles. The zero-order valence-electron chi connectivity index (χ0n) is 15.2. The number of aliphatic hydroxyl groups excluding tert-OH is 1. The summed E-state index contributed by atoms with van der Waals surface area (Å²) < 4.78 is 28.4. The van der Waals surface area contributed by atoms with E-state index < -0.39 is 29.1 Å². The van der Waals surface area contributed by atoms with Crippen LogP contribution < -0.4 is 10.9 Å². The van der Waals surface area contributed by atoms with E-state index in [0.29, 0.717) is 0 Å². The van der Waals surface area contributed by atoms with E-state index in [9.17, 15) is 18.4 Å². The van der Waals surface area contributed by atoms with Gasteiger partial charge in [0, 0.05) is 11.6 Å². The quantitative estimate of drug-likeness (QED) is 0.666. The average molecular weight is 420 g/mol. The first kappa shape index (κ1) is 20.6. The van der Waals surface area contributed by atoms with Gasteiger partial charge in [0.1, 0.15) is 17.2 Å². The minimum Gasteiger partial charge on any atom is -0.394 e. The van der Waals surface area contributed by atoms with Gasteiger partial charge in [-0.25, -0.2) is 8.78 Å². The van der Waals surface area contributed by atoms with Gasteiger partial charge in [-0.2, -0.15) is 9.78 Å². The minimum atomic E-state index is -0.795. The number of nitrogens with one attached hydrogen (secondary N) is 1.